The van der Waals surface area contributed by atoms with Crippen LogP contribution in [0.1, 0.15) is 0 Å². The summed E-state index contributed by atoms with van der Waals surface area (Å²) in [6.45, 7) is 0.603. The second-order valence-corrected chi connectivity index (χ2v) is 2.88. The van der Waals surface area contributed by atoms with Crippen LogP contribution in [0.4, 0.5) is 4.39 Å². The number of hydrogen-bond donors (Lipinski definition) is 2. The van der Waals surface area contributed by atoms with Gasteiger partial charge in [0, 0.05) is 12.6 Å². The molecule has 0 bridgehead atoms. The van der Waals surface area contributed by atoms with E-state index in [0.717, 1.165) is 0 Å². The average molecular weight is 213 g/mol. The van der Waals surface area contributed by atoms with Gasteiger partial charge in [0.05, 0.1) is 6.54 Å². The molecule has 2 N–H and O–H groups in total. The van der Waals surface area contributed by atoms with Crippen LogP contribution in [0.15, 0.2) is 24.3 Å². The molecule has 1 aromatic carbocycles. The van der Waals surface area contributed by atoms with Crippen molar-refractivity contribution in [3.05, 3.63) is 30.1 Å². The third-order valence-electron chi connectivity index (χ3n) is 1.62. The summed E-state index contributed by atoms with van der Waals surface area (Å²) < 4.78 is 17.8. The second kappa shape index (κ2) is 5.98. The molecule has 0 aliphatic rings. The molecule has 0 heterocycles. The highest BCUT2D eigenvalue weighted by Gasteiger charge is 1.97. The van der Waals surface area contributed by atoms with Gasteiger partial charge >= 0.3 is 5.97 Å². The summed E-state index contributed by atoms with van der Waals surface area (Å²) in [5, 5.41) is 11.0. The molecule has 1 rings (SSSR count). The average Bonchev–Trinajstić information content (AvgIpc) is 2.17. The van der Waals surface area contributed by atoms with Gasteiger partial charge in [0.25, 0.3) is 0 Å². The molecule has 0 saturated heterocycles. The maximum atomic E-state index is 12.7. The van der Waals surface area contributed by atoms with E-state index < -0.39 is 5.97 Å². The zero-order chi connectivity index (χ0) is 11.1. The first-order valence-electron chi connectivity index (χ1n) is 4.49. The Labute approximate surface area is 86.7 Å². The molecule has 0 unspecified atom stereocenters. The first-order valence-corrected chi connectivity index (χ1v) is 4.49. The first-order chi connectivity index (χ1) is 7.18. The van der Waals surface area contributed by atoms with Gasteiger partial charge in [0.1, 0.15) is 18.2 Å². The number of carboxylic acid groups (broad SMARTS) is 1. The molecule has 1 aromatic rings. The molecule has 0 spiro atoms. The normalized spacial score (nSPS) is 9.93. The molecular formula is C10H12FNO3. The maximum absolute atomic E-state index is 12.7. The minimum absolute atomic E-state index is 0.105. The molecule has 0 aliphatic heterocycles. The van der Waals surface area contributed by atoms with Crippen LogP contribution >= 0.6 is 0 Å². The molecular weight excluding hydrogens is 201 g/mol. The zero-order valence-corrected chi connectivity index (χ0v) is 8.07. The number of carbonyl (C=O) groups is 1. The number of hydrogen-bond acceptors (Lipinski definition) is 3. The van der Waals surface area contributed by atoms with Gasteiger partial charge in [0.2, 0.25) is 0 Å². The predicted molar refractivity (Wildman–Crippen MR) is 52.4 cm³/mol. The molecule has 0 radical (unpaired) electrons. The highest BCUT2D eigenvalue weighted by atomic mass is 19.1. The molecule has 0 saturated carbocycles. The molecule has 0 aliphatic carbocycles. The third-order valence-corrected chi connectivity index (χ3v) is 1.62. The molecule has 5 heteroatoms. The highest BCUT2D eigenvalue weighted by Crippen LogP contribution is 2.11. The minimum Gasteiger partial charge on any atom is -0.492 e. The SMILES string of the molecule is O=C(O)CNCCOc1cccc(F)c1. The quantitative estimate of drug-likeness (QED) is 0.689. The van der Waals surface area contributed by atoms with Crippen molar-refractivity contribution >= 4 is 5.97 Å². The Morgan fingerprint density at radius 1 is 1.53 bits per heavy atom. The Kier molecular flexibility index (Phi) is 4.56. The van der Waals surface area contributed by atoms with Gasteiger partial charge in [-0.05, 0) is 12.1 Å². The van der Waals surface area contributed by atoms with Crippen LogP contribution < -0.4 is 10.1 Å². The lowest BCUT2D eigenvalue weighted by Crippen LogP contribution is -2.26. The lowest BCUT2D eigenvalue weighted by Gasteiger charge is -2.05. The van der Waals surface area contributed by atoms with E-state index >= 15 is 0 Å². The fourth-order valence-electron chi connectivity index (χ4n) is 0.993. The number of rotatable bonds is 6. The topological polar surface area (TPSA) is 58.6 Å². The molecule has 0 amide bonds. The van der Waals surface area contributed by atoms with Crippen LogP contribution in [-0.2, 0) is 4.79 Å². The third kappa shape index (κ3) is 4.97. The van der Waals surface area contributed by atoms with Crippen molar-refractivity contribution in [1.29, 1.82) is 0 Å². The molecule has 4 nitrogen and oxygen atoms in total. The van der Waals surface area contributed by atoms with Crippen LogP contribution in [0.3, 0.4) is 0 Å². The minimum atomic E-state index is -0.916. The number of aliphatic carboxylic acids is 1. The summed E-state index contributed by atoms with van der Waals surface area (Å²) in [7, 11) is 0. The standard InChI is InChI=1S/C10H12FNO3/c11-8-2-1-3-9(6-8)15-5-4-12-7-10(13)14/h1-3,6,12H,4-5,7H2,(H,13,14). The number of halogens is 1. The van der Waals surface area contributed by atoms with Crippen molar-refractivity contribution in [3.63, 3.8) is 0 Å². The Morgan fingerprint density at radius 3 is 3.00 bits per heavy atom. The van der Waals surface area contributed by atoms with E-state index in [9.17, 15) is 9.18 Å². The largest absolute Gasteiger partial charge is 0.492 e. The van der Waals surface area contributed by atoms with E-state index in [2.05, 4.69) is 5.32 Å². The van der Waals surface area contributed by atoms with Crippen molar-refractivity contribution in [2.45, 2.75) is 0 Å². The Hall–Kier alpha value is -1.62. The second-order valence-electron chi connectivity index (χ2n) is 2.88. The van der Waals surface area contributed by atoms with Crippen molar-refractivity contribution in [2.24, 2.45) is 0 Å². The van der Waals surface area contributed by atoms with E-state index in [0.29, 0.717) is 18.9 Å². The maximum Gasteiger partial charge on any atom is 0.317 e. The zero-order valence-electron chi connectivity index (χ0n) is 8.07. The van der Waals surface area contributed by atoms with Gasteiger partial charge < -0.3 is 15.2 Å². The van der Waals surface area contributed by atoms with Gasteiger partial charge in [-0.2, -0.15) is 0 Å². The van der Waals surface area contributed by atoms with Crippen LogP contribution in [0, 0.1) is 5.82 Å². The summed E-state index contributed by atoms with van der Waals surface area (Å²) in [6, 6.07) is 5.79. The predicted octanol–water partition coefficient (Wildman–Crippen LogP) is 0.879. The van der Waals surface area contributed by atoms with Crippen LogP contribution in [0.25, 0.3) is 0 Å². The molecule has 0 aromatic heterocycles. The van der Waals surface area contributed by atoms with E-state index in [1.54, 1.807) is 12.1 Å². The number of carboxylic acids is 1. The first kappa shape index (κ1) is 11.5. The monoisotopic (exact) mass is 213 g/mol. The molecule has 82 valence electrons. The summed E-state index contributed by atoms with van der Waals surface area (Å²) in [4.78, 5) is 10.1. The molecule has 15 heavy (non-hydrogen) atoms. The van der Waals surface area contributed by atoms with E-state index in [1.807, 2.05) is 0 Å². The van der Waals surface area contributed by atoms with Gasteiger partial charge in [-0.3, -0.25) is 4.79 Å². The Bertz CT molecular complexity index is 330. The highest BCUT2D eigenvalue weighted by molar-refractivity contribution is 5.68. The Morgan fingerprint density at radius 2 is 2.33 bits per heavy atom. The Balaban J connectivity index is 2.17. The molecule has 0 atom stereocenters. The fraction of sp³-hybridized carbons (Fsp3) is 0.300. The fourth-order valence-corrected chi connectivity index (χ4v) is 0.993. The van der Waals surface area contributed by atoms with Crippen molar-refractivity contribution in [1.82, 2.24) is 5.32 Å². The molecule has 0 fully saturated rings. The van der Waals surface area contributed by atoms with Crippen molar-refractivity contribution in [3.8, 4) is 5.75 Å². The number of nitrogens with one attached hydrogen (secondary N) is 1. The summed E-state index contributed by atoms with van der Waals surface area (Å²) in [6.07, 6.45) is 0. The van der Waals surface area contributed by atoms with Gasteiger partial charge in [-0.1, -0.05) is 6.07 Å². The smallest absolute Gasteiger partial charge is 0.317 e. The summed E-state index contributed by atoms with van der Waals surface area (Å²) in [5.41, 5.74) is 0. The van der Waals surface area contributed by atoms with Crippen LogP contribution in [0.5, 0.6) is 5.75 Å². The van der Waals surface area contributed by atoms with Crippen LogP contribution in [-0.4, -0.2) is 30.8 Å². The van der Waals surface area contributed by atoms with Gasteiger partial charge in [0.15, 0.2) is 0 Å². The van der Waals surface area contributed by atoms with Crippen molar-refractivity contribution in [2.75, 3.05) is 19.7 Å². The van der Waals surface area contributed by atoms with E-state index in [4.69, 9.17) is 9.84 Å². The lowest BCUT2D eigenvalue weighted by molar-refractivity contribution is -0.135. The van der Waals surface area contributed by atoms with Crippen LogP contribution in [0.2, 0.25) is 0 Å². The summed E-state index contributed by atoms with van der Waals surface area (Å²) >= 11 is 0. The van der Waals surface area contributed by atoms with Gasteiger partial charge in [-0.15, -0.1) is 0 Å². The number of ether oxygens (including phenoxy) is 1. The lowest BCUT2D eigenvalue weighted by atomic mass is 10.3. The van der Waals surface area contributed by atoms with Gasteiger partial charge in [-0.25, -0.2) is 4.39 Å². The van der Waals surface area contributed by atoms with Crippen molar-refractivity contribution < 1.29 is 19.0 Å². The van der Waals surface area contributed by atoms with E-state index in [-0.39, 0.29) is 12.4 Å². The summed E-state index contributed by atoms with van der Waals surface area (Å²) in [5.74, 6) is -0.834. The number of benzene rings is 1. The van der Waals surface area contributed by atoms with E-state index in [1.165, 1.54) is 12.1 Å².